The zero-order valence-corrected chi connectivity index (χ0v) is 9.81. The molecule has 1 aromatic rings. The highest BCUT2D eigenvalue weighted by Crippen LogP contribution is 2.27. The number of carbonyl (C=O) groups excluding carboxylic acids is 1. The summed E-state index contributed by atoms with van der Waals surface area (Å²) in [5, 5.41) is 6.06. The number of rotatable bonds is 2. The van der Waals surface area contributed by atoms with Crippen LogP contribution in [-0.4, -0.2) is 43.1 Å². The van der Waals surface area contributed by atoms with Crippen LogP contribution < -0.4 is 15.5 Å². The maximum Gasteiger partial charge on any atom is 0.252 e. The lowest BCUT2D eigenvalue weighted by Crippen LogP contribution is -2.44. The number of nitrogens with zero attached hydrogens (tertiary/aromatic N) is 2. The van der Waals surface area contributed by atoms with Crippen LogP contribution in [0.3, 0.4) is 0 Å². The Hall–Kier alpha value is -1.62. The molecule has 1 aromatic heterocycles. The Morgan fingerprint density at radius 2 is 2.47 bits per heavy atom. The molecule has 90 valence electrons. The summed E-state index contributed by atoms with van der Waals surface area (Å²) in [4.78, 5) is 18.1. The van der Waals surface area contributed by atoms with Crippen molar-refractivity contribution in [2.24, 2.45) is 0 Å². The maximum atomic E-state index is 11.4. The van der Waals surface area contributed by atoms with E-state index in [1.54, 1.807) is 13.2 Å². The quantitative estimate of drug-likeness (QED) is 0.753. The van der Waals surface area contributed by atoms with Gasteiger partial charge in [-0.25, -0.2) is 4.98 Å². The van der Waals surface area contributed by atoms with E-state index in [1.165, 1.54) is 6.42 Å². The third-order valence-electron chi connectivity index (χ3n) is 3.59. The number of piperazine rings is 1. The average molecular weight is 232 g/mol. The topological polar surface area (TPSA) is 57.3 Å². The van der Waals surface area contributed by atoms with Crippen molar-refractivity contribution in [1.29, 1.82) is 0 Å². The van der Waals surface area contributed by atoms with E-state index in [0.29, 0.717) is 17.6 Å². The van der Waals surface area contributed by atoms with Crippen molar-refractivity contribution in [2.45, 2.75) is 18.5 Å². The molecule has 0 radical (unpaired) electrons. The molecule has 2 aliphatic rings. The van der Waals surface area contributed by atoms with Crippen LogP contribution in [0.4, 0.5) is 5.82 Å². The van der Waals surface area contributed by atoms with Gasteiger partial charge in [0, 0.05) is 38.4 Å². The number of pyridine rings is 1. The van der Waals surface area contributed by atoms with Gasteiger partial charge in [-0.1, -0.05) is 0 Å². The number of hydrogen-bond donors (Lipinski definition) is 2. The molecule has 0 unspecified atom stereocenters. The lowest BCUT2D eigenvalue weighted by atomic mass is 10.2. The van der Waals surface area contributed by atoms with Gasteiger partial charge in [0.15, 0.2) is 0 Å². The Morgan fingerprint density at radius 1 is 1.59 bits per heavy atom. The van der Waals surface area contributed by atoms with Crippen molar-refractivity contribution in [1.82, 2.24) is 15.6 Å². The Kier molecular flexibility index (Phi) is 2.48. The summed E-state index contributed by atoms with van der Waals surface area (Å²) in [7, 11) is 1.63. The van der Waals surface area contributed by atoms with Gasteiger partial charge in [0.25, 0.3) is 5.91 Å². The summed E-state index contributed by atoms with van der Waals surface area (Å²) in [5.74, 6) is 0.889. The van der Waals surface area contributed by atoms with Gasteiger partial charge in [0.05, 0.1) is 5.56 Å². The van der Waals surface area contributed by atoms with Crippen molar-refractivity contribution >= 4 is 11.7 Å². The Labute approximate surface area is 100 Å². The molecule has 2 N–H and O–H groups in total. The number of nitrogens with one attached hydrogen (secondary N) is 2. The molecule has 0 aromatic carbocycles. The number of aromatic nitrogens is 1. The van der Waals surface area contributed by atoms with Crippen molar-refractivity contribution in [3.8, 4) is 0 Å². The fourth-order valence-electron chi connectivity index (χ4n) is 2.68. The average Bonchev–Trinajstić information content (AvgIpc) is 3.00. The standard InChI is InChI=1S/C12H16N4O/c1-13-12(17)8-2-3-11(15-5-8)16-7-9-4-10(16)6-14-9/h2-3,5,9-10,14H,4,6-7H2,1H3,(H,13,17)/t9-,10-/m1/s1. The molecule has 0 saturated carbocycles. The molecule has 5 heteroatoms. The smallest absolute Gasteiger partial charge is 0.252 e. The van der Waals surface area contributed by atoms with E-state index in [1.807, 2.05) is 12.1 Å². The normalized spacial score (nSPS) is 26.3. The predicted molar refractivity (Wildman–Crippen MR) is 65.2 cm³/mol. The van der Waals surface area contributed by atoms with E-state index in [0.717, 1.165) is 18.9 Å². The Balaban J connectivity index is 1.78. The van der Waals surface area contributed by atoms with Crippen molar-refractivity contribution in [2.75, 3.05) is 25.0 Å². The van der Waals surface area contributed by atoms with Crippen LogP contribution in [0.2, 0.25) is 0 Å². The zero-order valence-electron chi connectivity index (χ0n) is 9.81. The fraction of sp³-hybridized carbons (Fsp3) is 0.500. The summed E-state index contributed by atoms with van der Waals surface area (Å²) in [6.07, 6.45) is 2.85. The van der Waals surface area contributed by atoms with Crippen LogP contribution >= 0.6 is 0 Å². The molecule has 2 saturated heterocycles. The molecule has 1 amide bonds. The van der Waals surface area contributed by atoms with Crippen LogP contribution in [-0.2, 0) is 0 Å². The number of anilines is 1. The van der Waals surface area contributed by atoms with Gasteiger partial charge < -0.3 is 15.5 Å². The fourth-order valence-corrected chi connectivity index (χ4v) is 2.68. The van der Waals surface area contributed by atoms with Crippen molar-refractivity contribution in [3.05, 3.63) is 23.9 Å². The Bertz CT molecular complexity index is 431. The lowest BCUT2D eigenvalue weighted by Gasteiger charge is -2.28. The molecule has 17 heavy (non-hydrogen) atoms. The second kappa shape index (κ2) is 4.00. The van der Waals surface area contributed by atoms with Gasteiger partial charge in [-0.05, 0) is 18.6 Å². The second-order valence-corrected chi connectivity index (χ2v) is 4.63. The van der Waals surface area contributed by atoms with Gasteiger partial charge in [0.2, 0.25) is 0 Å². The zero-order chi connectivity index (χ0) is 11.8. The van der Waals surface area contributed by atoms with E-state index < -0.39 is 0 Å². The van der Waals surface area contributed by atoms with E-state index in [-0.39, 0.29) is 5.91 Å². The molecule has 3 rings (SSSR count). The van der Waals surface area contributed by atoms with Gasteiger partial charge in [-0.3, -0.25) is 4.79 Å². The van der Waals surface area contributed by atoms with Crippen molar-refractivity contribution < 1.29 is 4.79 Å². The summed E-state index contributed by atoms with van der Waals surface area (Å²) < 4.78 is 0. The summed E-state index contributed by atoms with van der Waals surface area (Å²) in [5.41, 5.74) is 0.610. The minimum absolute atomic E-state index is 0.0892. The van der Waals surface area contributed by atoms with Crippen LogP contribution in [0.1, 0.15) is 16.8 Å². The maximum absolute atomic E-state index is 11.4. The highest BCUT2D eigenvalue weighted by molar-refractivity contribution is 5.93. The molecular formula is C12H16N4O. The van der Waals surface area contributed by atoms with Crippen molar-refractivity contribution in [3.63, 3.8) is 0 Å². The van der Waals surface area contributed by atoms with Crippen LogP contribution in [0, 0.1) is 0 Å². The first kappa shape index (κ1) is 10.5. The first-order chi connectivity index (χ1) is 8.28. The van der Waals surface area contributed by atoms with Crippen LogP contribution in [0.5, 0.6) is 0 Å². The highest BCUT2D eigenvalue weighted by Gasteiger charge is 2.38. The first-order valence-electron chi connectivity index (χ1n) is 5.96. The van der Waals surface area contributed by atoms with E-state index in [9.17, 15) is 4.79 Å². The first-order valence-corrected chi connectivity index (χ1v) is 5.96. The minimum Gasteiger partial charge on any atom is -0.355 e. The van der Waals surface area contributed by atoms with E-state index in [4.69, 9.17) is 0 Å². The van der Waals surface area contributed by atoms with Crippen LogP contribution in [0.25, 0.3) is 0 Å². The summed E-state index contributed by atoms with van der Waals surface area (Å²) >= 11 is 0. The van der Waals surface area contributed by atoms with E-state index in [2.05, 4.69) is 20.5 Å². The molecule has 2 fully saturated rings. The lowest BCUT2D eigenvalue weighted by molar-refractivity contribution is 0.0963. The molecule has 2 bridgehead atoms. The van der Waals surface area contributed by atoms with Gasteiger partial charge >= 0.3 is 0 Å². The second-order valence-electron chi connectivity index (χ2n) is 4.63. The van der Waals surface area contributed by atoms with E-state index >= 15 is 0 Å². The molecule has 3 heterocycles. The Morgan fingerprint density at radius 3 is 3.00 bits per heavy atom. The van der Waals surface area contributed by atoms with Gasteiger partial charge in [-0.2, -0.15) is 0 Å². The third kappa shape index (κ3) is 1.76. The number of carbonyl (C=O) groups is 1. The molecule has 2 atom stereocenters. The summed E-state index contributed by atoms with van der Waals surface area (Å²) in [6.45, 7) is 2.07. The minimum atomic E-state index is -0.0892. The summed E-state index contributed by atoms with van der Waals surface area (Å²) in [6, 6.07) is 4.95. The SMILES string of the molecule is CNC(=O)c1ccc(N2C[C@H]3C[C@@H]2CN3)nc1. The van der Waals surface area contributed by atoms with Crippen LogP contribution in [0.15, 0.2) is 18.3 Å². The predicted octanol–water partition coefficient (Wildman–Crippen LogP) is -0.00830. The molecule has 0 aliphatic carbocycles. The number of hydrogen-bond acceptors (Lipinski definition) is 4. The molecule has 0 spiro atoms. The monoisotopic (exact) mass is 232 g/mol. The molecular weight excluding hydrogens is 216 g/mol. The number of amides is 1. The molecule has 2 aliphatic heterocycles. The van der Waals surface area contributed by atoms with Gasteiger partial charge in [0.1, 0.15) is 5.82 Å². The molecule has 5 nitrogen and oxygen atoms in total. The largest absolute Gasteiger partial charge is 0.355 e. The third-order valence-corrected chi connectivity index (χ3v) is 3.59. The number of fused-ring (bicyclic) bond motifs is 2. The van der Waals surface area contributed by atoms with Gasteiger partial charge in [-0.15, -0.1) is 0 Å². The highest BCUT2D eigenvalue weighted by atomic mass is 16.1.